The Morgan fingerprint density at radius 3 is 2.50 bits per heavy atom. The Morgan fingerprint density at radius 1 is 1.14 bits per heavy atom. The van der Waals surface area contributed by atoms with Crippen molar-refractivity contribution in [2.24, 2.45) is 5.73 Å². The van der Waals surface area contributed by atoms with E-state index in [9.17, 15) is 22.4 Å². The van der Waals surface area contributed by atoms with E-state index in [4.69, 9.17) is 10.5 Å². The van der Waals surface area contributed by atoms with Gasteiger partial charge in [-0.3, -0.25) is 4.79 Å². The highest BCUT2D eigenvalue weighted by Crippen LogP contribution is 2.33. The molecule has 116 valence electrons. The molecule has 0 saturated heterocycles. The van der Waals surface area contributed by atoms with Gasteiger partial charge in [0.15, 0.2) is 0 Å². The lowest BCUT2D eigenvalue weighted by Crippen LogP contribution is -2.12. The molecule has 2 N–H and O–H groups in total. The molecule has 0 atom stereocenters. The molecule has 2 aromatic carbocycles. The molecule has 3 nitrogen and oxygen atoms in total. The van der Waals surface area contributed by atoms with Crippen molar-refractivity contribution in [1.82, 2.24) is 0 Å². The van der Waals surface area contributed by atoms with Crippen LogP contribution in [0.5, 0.6) is 5.75 Å². The van der Waals surface area contributed by atoms with Crippen molar-refractivity contribution in [3.05, 3.63) is 65.0 Å². The van der Waals surface area contributed by atoms with Gasteiger partial charge in [0.2, 0.25) is 5.91 Å². The Labute approximate surface area is 123 Å². The van der Waals surface area contributed by atoms with E-state index in [0.29, 0.717) is 6.07 Å². The highest BCUT2D eigenvalue weighted by atomic mass is 19.4. The summed E-state index contributed by atoms with van der Waals surface area (Å²) in [6, 6.07) is 8.09. The lowest BCUT2D eigenvalue weighted by atomic mass is 10.1. The van der Waals surface area contributed by atoms with E-state index in [1.165, 1.54) is 24.3 Å². The number of ether oxygens (including phenoxy) is 1. The van der Waals surface area contributed by atoms with E-state index in [0.717, 1.165) is 12.1 Å². The summed E-state index contributed by atoms with van der Waals surface area (Å²) in [4.78, 5) is 11.0. The molecule has 1 amide bonds. The first-order chi connectivity index (χ1) is 10.3. The zero-order valence-electron chi connectivity index (χ0n) is 11.2. The first kappa shape index (κ1) is 15.8. The van der Waals surface area contributed by atoms with Gasteiger partial charge in [-0.25, -0.2) is 4.39 Å². The summed E-state index contributed by atoms with van der Waals surface area (Å²) in [6.45, 7) is -0.419. The highest BCUT2D eigenvalue weighted by Gasteiger charge is 2.33. The first-order valence-electron chi connectivity index (χ1n) is 6.15. The van der Waals surface area contributed by atoms with Crippen LogP contribution in [-0.2, 0) is 12.8 Å². The monoisotopic (exact) mass is 313 g/mol. The summed E-state index contributed by atoms with van der Waals surface area (Å²) in [5, 5.41) is 0. The summed E-state index contributed by atoms with van der Waals surface area (Å²) in [6.07, 6.45) is -4.68. The van der Waals surface area contributed by atoms with E-state index < -0.39 is 30.1 Å². The largest absolute Gasteiger partial charge is 0.489 e. The standard InChI is InChI=1S/C15H11F4NO2/c16-11-5-4-10(13(7-11)15(17,18)19)8-22-12-3-1-2-9(6-12)14(20)21/h1-7H,8H2,(H2,20,21). The minimum Gasteiger partial charge on any atom is -0.489 e. The van der Waals surface area contributed by atoms with Crippen molar-refractivity contribution >= 4 is 5.91 Å². The van der Waals surface area contributed by atoms with Gasteiger partial charge in [-0.1, -0.05) is 12.1 Å². The average molecular weight is 313 g/mol. The normalized spacial score (nSPS) is 11.3. The topological polar surface area (TPSA) is 52.3 Å². The lowest BCUT2D eigenvalue weighted by molar-refractivity contribution is -0.138. The van der Waals surface area contributed by atoms with Crippen molar-refractivity contribution in [1.29, 1.82) is 0 Å². The number of halogens is 4. The zero-order chi connectivity index (χ0) is 16.3. The predicted octanol–water partition coefficient (Wildman–Crippen LogP) is 3.52. The molecular weight excluding hydrogens is 302 g/mol. The van der Waals surface area contributed by atoms with Crippen molar-refractivity contribution in [3.63, 3.8) is 0 Å². The van der Waals surface area contributed by atoms with Crippen LogP contribution in [0.3, 0.4) is 0 Å². The number of benzene rings is 2. The number of hydrogen-bond donors (Lipinski definition) is 1. The minimum atomic E-state index is -4.68. The van der Waals surface area contributed by atoms with Crippen molar-refractivity contribution < 1.29 is 27.1 Å². The van der Waals surface area contributed by atoms with Crippen LogP contribution in [0.4, 0.5) is 17.6 Å². The Kier molecular flexibility index (Phi) is 4.35. The molecule has 0 unspecified atom stereocenters. The van der Waals surface area contributed by atoms with Gasteiger partial charge in [0.05, 0.1) is 5.56 Å². The summed E-state index contributed by atoms with van der Waals surface area (Å²) in [5.41, 5.74) is 3.97. The minimum absolute atomic E-state index is 0.174. The number of carbonyl (C=O) groups excluding carboxylic acids is 1. The van der Waals surface area contributed by atoms with Crippen LogP contribution in [0.1, 0.15) is 21.5 Å². The molecule has 22 heavy (non-hydrogen) atoms. The average Bonchev–Trinajstić information content (AvgIpc) is 2.45. The Balaban J connectivity index is 2.22. The van der Waals surface area contributed by atoms with E-state index in [1.807, 2.05) is 0 Å². The number of primary amides is 1. The van der Waals surface area contributed by atoms with Gasteiger partial charge in [0.25, 0.3) is 0 Å². The summed E-state index contributed by atoms with van der Waals surface area (Å²) >= 11 is 0. The molecule has 0 saturated carbocycles. The highest BCUT2D eigenvalue weighted by molar-refractivity contribution is 5.93. The second kappa shape index (κ2) is 6.05. The summed E-state index contributed by atoms with van der Waals surface area (Å²) < 4.78 is 56.7. The molecule has 0 fully saturated rings. The van der Waals surface area contributed by atoms with E-state index in [2.05, 4.69) is 0 Å². The summed E-state index contributed by atoms with van der Waals surface area (Å²) in [7, 11) is 0. The molecule has 0 aliphatic heterocycles. The third-order valence-corrected chi connectivity index (χ3v) is 2.89. The maximum Gasteiger partial charge on any atom is 0.416 e. The zero-order valence-corrected chi connectivity index (χ0v) is 11.2. The van der Waals surface area contributed by atoms with Gasteiger partial charge < -0.3 is 10.5 Å². The Morgan fingerprint density at radius 2 is 1.86 bits per heavy atom. The van der Waals surface area contributed by atoms with Crippen LogP contribution in [0, 0.1) is 5.82 Å². The van der Waals surface area contributed by atoms with Gasteiger partial charge in [0, 0.05) is 11.1 Å². The molecule has 0 radical (unpaired) electrons. The van der Waals surface area contributed by atoms with E-state index in [-0.39, 0.29) is 16.9 Å². The van der Waals surface area contributed by atoms with Crippen LogP contribution in [0.15, 0.2) is 42.5 Å². The molecular formula is C15H11F4NO2. The number of hydrogen-bond acceptors (Lipinski definition) is 2. The van der Waals surface area contributed by atoms with Crippen LogP contribution in [0.2, 0.25) is 0 Å². The van der Waals surface area contributed by atoms with Gasteiger partial charge >= 0.3 is 6.18 Å². The molecule has 0 aliphatic rings. The second-order valence-corrected chi connectivity index (χ2v) is 4.48. The van der Waals surface area contributed by atoms with E-state index >= 15 is 0 Å². The van der Waals surface area contributed by atoms with Gasteiger partial charge in [-0.15, -0.1) is 0 Å². The first-order valence-corrected chi connectivity index (χ1v) is 6.15. The maximum absolute atomic E-state index is 13.0. The molecule has 0 aliphatic carbocycles. The third kappa shape index (κ3) is 3.75. The van der Waals surface area contributed by atoms with Gasteiger partial charge in [-0.2, -0.15) is 13.2 Å². The van der Waals surface area contributed by atoms with Gasteiger partial charge in [0.1, 0.15) is 18.2 Å². The van der Waals surface area contributed by atoms with Gasteiger partial charge in [-0.05, 0) is 30.3 Å². The number of alkyl halides is 3. The van der Waals surface area contributed by atoms with Crippen LogP contribution in [-0.4, -0.2) is 5.91 Å². The SMILES string of the molecule is NC(=O)c1cccc(OCc2ccc(F)cc2C(F)(F)F)c1. The molecule has 0 aromatic heterocycles. The van der Waals surface area contributed by atoms with Crippen LogP contribution in [0.25, 0.3) is 0 Å². The van der Waals surface area contributed by atoms with Crippen molar-refractivity contribution in [2.45, 2.75) is 12.8 Å². The Hall–Kier alpha value is -2.57. The number of carbonyl (C=O) groups is 1. The number of rotatable bonds is 4. The number of amides is 1. The smallest absolute Gasteiger partial charge is 0.416 e. The molecule has 2 aromatic rings. The Bertz CT molecular complexity index is 698. The molecule has 0 heterocycles. The molecule has 0 spiro atoms. The third-order valence-electron chi connectivity index (χ3n) is 2.89. The maximum atomic E-state index is 13.0. The fourth-order valence-electron chi connectivity index (χ4n) is 1.84. The number of nitrogens with two attached hydrogens (primary N) is 1. The van der Waals surface area contributed by atoms with Crippen LogP contribution >= 0.6 is 0 Å². The van der Waals surface area contributed by atoms with Crippen molar-refractivity contribution in [3.8, 4) is 5.75 Å². The molecule has 2 rings (SSSR count). The van der Waals surface area contributed by atoms with E-state index in [1.54, 1.807) is 0 Å². The second-order valence-electron chi connectivity index (χ2n) is 4.48. The van der Waals surface area contributed by atoms with Crippen molar-refractivity contribution in [2.75, 3.05) is 0 Å². The summed E-state index contributed by atoms with van der Waals surface area (Å²) in [5.74, 6) is -1.47. The van der Waals surface area contributed by atoms with Crippen LogP contribution < -0.4 is 10.5 Å². The fraction of sp³-hybridized carbons (Fsp3) is 0.133. The quantitative estimate of drug-likeness (QED) is 0.878. The lowest BCUT2D eigenvalue weighted by Gasteiger charge is -2.14. The predicted molar refractivity (Wildman–Crippen MR) is 70.7 cm³/mol. The molecule has 7 heteroatoms. The molecule has 0 bridgehead atoms. The fourth-order valence-corrected chi connectivity index (χ4v) is 1.84.